The Morgan fingerprint density at radius 2 is 1.67 bits per heavy atom. The average molecular weight is 262 g/mol. The van der Waals surface area contributed by atoms with Crippen molar-refractivity contribution in [3.05, 3.63) is 11.1 Å². The summed E-state index contributed by atoms with van der Waals surface area (Å²) in [6.07, 6.45) is 8.83. The average Bonchev–Trinajstić information content (AvgIpc) is 2.76. The summed E-state index contributed by atoms with van der Waals surface area (Å²) in [5.74, 6) is 3.04. The fourth-order valence-electron chi connectivity index (χ4n) is 5.14. The Bertz CT molecular complexity index is 428. The van der Waals surface area contributed by atoms with Gasteiger partial charge in [0, 0.05) is 24.9 Å². The molecule has 4 saturated carbocycles. The van der Waals surface area contributed by atoms with Crippen molar-refractivity contribution >= 4 is 16.5 Å². The maximum atomic E-state index is 4.94. The van der Waals surface area contributed by atoms with E-state index >= 15 is 0 Å². The maximum absolute atomic E-state index is 4.94. The van der Waals surface area contributed by atoms with Crippen LogP contribution < -0.4 is 4.90 Å². The van der Waals surface area contributed by atoms with E-state index in [1.807, 2.05) is 11.3 Å². The largest absolute Gasteiger partial charge is 0.354 e. The summed E-state index contributed by atoms with van der Waals surface area (Å²) >= 11 is 1.82. The third-order valence-corrected chi connectivity index (χ3v) is 6.46. The number of hydrogen-bond acceptors (Lipinski definition) is 3. The summed E-state index contributed by atoms with van der Waals surface area (Å²) in [7, 11) is 4.20. The van der Waals surface area contributed by atoms with Crippen LogP contribution in [0.4, 0.5) is 5.13 Å². The van der Waals surface area contributed by atoms with Gasteiger partial charge in [-0.2, -0.15) is 0 Å². The summed E-state index contributed by atoms with van der Waals surface area (Å²) in [5, 5.41) is 3.53. The van der Waals surface area contributed by atoms with Crippen LogP contribution in [-0.4, -0.2) is 19.1 Å². The summed E-state index contributed by atoms with van der Waals surface area (Å²) in [6.45, 7) is 0. The van der Waals surface area contributed by atoms with Gasteiger partial charge in [-0.25, -0.2) is 4.98 Å². The van der Waals surface area contributed by atoms with Crippen molar-refractivity contribution < 1.29 is 0 Å². The Hall–Kier alpha value is -0.570. The second-order valence-electron chi connectivity index (χ2n) is 7.11. The van der Waals surface area contributed by atoms with Gasteiger partial charge in [0.05, 0.1) is 5.69 Å². The molecule has 0 aliphatic heterocycles. The lowest BCUT2D eigenvalue weighted by Gasteiger charge is -2.56. The minimum Gasteiger partial charge on any atom is -0.354 e. The minimum absolute atomic E-state index is 0.472. The van der Waals surface area contributed by atoms with Gasteiger partial charge in [0.2, 0.25) is 0 Å². The van der Waals surface area contributed by atoms with Crippen LogP contribution in [0.15, 0.2) is 5.38 Å². The Balaban J connectivity index is 1.70. The molecule has 2 nitrogen and oxygen atoms in total. The van der Waals surface area contributed by atoms with E-state index < -0.39 is 0 Å². The first-order valence-electron chi connectivity index (χ1n) is 7.28. The molecule has 18 heavy (non-hydrogen) atoms. The van der Waals surface area contributed by atoms with Crippen LogP contribution in [0.1, 0.15) is 44.2 Å². The zero-order valence-electron chi connectivity index (χ0n) is 11.4. The van der Waals surface area contributed by atoms with Gasteiger partial charge in [0.1, 0.15) is 0 Å². The molecule has 1 heterocycles. The van der Waals surface area contributed by atoms with Crippen LogP contribution in [0.2, 0.25) is 0 Å². The molecule has 0 amide bonds. The van der Waals surface area contributed by atoms with Crippen molar-refractivity contribution in [2.24, 2.45) is 17.8 Å². The Morgan fingerprint density at radius 1 is 1.11 bits per heavy atom. The van der Waals surface area contributed by atoms with Crippen LogP contribution in [0.3, 0.4) is 0 Å². The Labute approximate surface area is 113 Å². The third-order valence-electron chi connectivity index (χ3n) is 5.46. The number of nitrogens with zero attached hydrogens (tertiary/aromatic N) is 2. The molecule has 1 aromatic heterocycles. The summed E-state index contributed by atoms with van der Waals surface area (Å²) in [6, 6.07) is 0. The zero-order valence-corrected chi connectivity index (χ0v) is 12.2. The van der Waals surface area contributed by atoms with Gasteiger partial charge in [0.25, 0.3) is 0 Å². The molecule has 4 bridgehead atoms. The van der Waals surface area contributed by atoms with Gasteiger partial charge in [0.15, 0.2) is 5.13 Å². The normalized spacial score (nSPS) is 41.3. The van der Waals surface area contributed by atoms with Crippen LogP contribution in [-0.2, 0) is 5.41 Å². The number of hydrogen-bond donors (Lipinski definition) is 0. The maximum Gasteiger partial charge on any atom is 0.184 e. The van der Waals surface area contributed by atoms with Crippen LogP contribution in [0.5, 0.6) is 0 Å². The molecule has 5 rings (SSSR count). The lowest BCUT2D eigenvalue weighted by molar-refractivity contribution is -0.00689. The van der Waals surface area contributed by atoms with Crippen molar-refractivity contribution in [1.82, 2.24) is 4.98 Å². The first-order valence-corrected chi connectivity index (χ1v) is 8.16. The predicted molar refractivity (Wildman–Crippen MR) is 76.3 cm³/mol. The number of thiazole rings is 1. The van der Waals surface area contributed by atoms with Gasteiger partial charge in [-0.3, -0.25) is 0 Å². The predicted octanol–water partition coefficient (Wildman–Crippen LogP) is 3.68. The molecule has 4 aliphatic carbocycles. The highest BCUT2D eigenvalue weighted by Gasteiger charge is 2.52. The monoisotopic (exact) mass is 262 g/mol. The van der Waals surface area contributed by atoms with E-state index in [4.69, 9.17) is 4.98 Å². The standard InChI is InChI=1S/C15H22N2S/c1-17(2)14-16-13(9-18-14)15-6-10-3-11(7-15)5-12(4-10)8-15/h9-12H,3-8H2,1-2H3. The van der Waals surface area contributed by atoms with E-state index in [1.54, 1.807) is 0 Å². The van der Waals surface area contributed by atoms with Gasteiger partial charge in [-0.05, 0) is 56.3 Å². The molecule has 0 radical (unpaired) electrons. The van der Waals surface area contributed by atoms with Crippen molar-refractivity contribution in [2.75, 3.05) is 19.0 Å². The fraction of sp³-hybridized carbons (Fsp3) is 0.800. The van der Waals surface area contributed by atoms with Crippen LogP contribution in [0, 0.1) is 17.8 Å². The molecule has 1 aromatic rings. The highest BCUT2D eigenvalue weighted by Crippen LogP contribution is 2.60. The molecule has 0 saturated heterocycles. The van der Waals surface area contributed by atoms with Crippen molar-refractivity contribution in [1.29, 1.82) is 0 Å². The molecular formula is C15H22N2S. The molecule has 4 fully saturated rings. The molecule has 0 unspecified atom stereocenters. The number of aromatic nitrogens is 1. The first-order chi connectivity index (χ1) is 8.64. The molecule has 0 atom stereocenters. The van der Waals surface area contributed by atoms with Gasteiger partial charge < -0.3 is 4.90 Å². The van der Waals surface area contributed by atoms with E-state index in [-0.39, 0.29) is 0 Å². The highest BCUT2D eigenvalue weighted by atomic mass is 32.1. The second-order valence-corrected chi connectivity index (χ2v) is 7.94. The molecule has 3 heteroatoms. The van der Waals surface area contributed by atoms with E-state index in [0.717, 1.165) is 17.8 Å². The topological polar surface area (TPSA) is 16.1 Å². The number of anilines is 1. The molecular weight excluding hydrogens is 240 g/mol. The second kappa shape index (κ2) is 3.72. The summed E-state index contributed by atoms with van der Waals surface area (Å²) in [4.78, 5) is 7.09. The quantitative estimate of drug-likeness (QED) is 0.808. The zero-order chi connectivity index (χ0) is 12.3. The Kier molecular flexibility index (Phi) is 2.33. The van der Waals surface area contributed by atoms with Crippen molar-refractivity contribution in [2.45, 2.75) is 43.9 Å². The molecule has 0 aromatic carbocycles. The van der Waals surface area contributed by atoms with Crippen molar-refractivity contribution in [3.8, 4) is 0 Å². The SMILES string of the molecule is CN(C)c1nc(C23CC4CC(CC(C4)C2)C3)cs1. The van der Waals surface area contributed by atoms with Gasteiger partial charge in [-0.15, -0.1) is 11.3 Å². The molecule has 0 spiro atoms. The van der Waals surface area contributed by atoms with Crippen LogP contribution in [0.25, 0.3) is 0 Å². The van der Waals surface area contributed by atoms with Crippen molar-refractivity contribution in [3.63, 3.8) is 0 Å². The molecule has 98 valence electrons. The van der Waals surface area contributed by atoms with E-state index in [1.165, 1.54) is 49.4 Å². The lowest BCUT2D eigenvalue weighted by Crippen LogP contribution is -2.48. The highest BCUT2D eigenvalue weighted by molar-refractivity contribution is 7.13. The summed E-state index contributed by atoms with van der Waals surface area (Å²) in [5.41, 5.74) is 1.90. The molecule has 0 N–H and O–H groups in total. The summed E-state index contributed by atoms with van der Waals surface area (Å²) < 4.78 is 0. The van der Waals surface area contributed by atoms with E-state index in [2.05, 4.69) is 24.4 Å². The van der Waals surface area contributed by atoms with Gasteiger partial charge in [-0.1, -0.05) is 0 Å². The van der Waals surface area contributed by atoms with E-state index in [0.29, 0.717) is 5.41 Å². The smallest absolute Gasteiger partial charge is 0.184 e. The van der Waals surface area contributed by atoms with E-state index in [9.17, 15) is 0 Å². The molecule has 4 aliphatic rings. The number of rotatable bonds is 2. The fourth-order valence-corrected chi connectivity index (χ4v) is 6.02. The van der Waals surface area contributed by atoms with Gasteiger partial charge >= 0.3 is 0 Å². The van der Waals surface area contributed by atoms with Crippen LogP contribution >= 0.6 is 11.3 Å². The lowest BCUT2D eigenvalue weighted by atomic mass is 9.49. The third kappa shape index (κ3) is 1.56. The Morgan fingerprint density at radius 3 is 2.11 bits per heavy atom. The first kappa shape index (κ1) is 11.3. The minimum atomic E-state index is 0.472.